The van der Waals surface area contributed by atoms with Crippen LogP contribution in [0.25, 0.3) is 0 Å². The minimum atomic E-state index is -2.12. The van der Waals surface area contributed by atoms with Crippen LogP contribution in [0.3, 0.4) is 0 Å². The Bertz CT molecular complexity index is 871. The minimum absolute atomic E-state index is 0.0157. The third kappa shape index (κ3) is 8.34. The van der Waals surface area contributed by atoms with Crippen molar-refractivity contribution in [2.45, 2.75) is 111 Å². The predicted molar refractivity (Wildman–Crippen MR) is 148 cm³/mol. The molecule has 2 aliphatic heterocycles. The summed E-state index contributed by atoms with van der Waals surface area (Å²) in [6.07, 6.45) is -14.7. The summed E-state index contributed by atoms with van der Waals surface area (Å²) in [5.41, 5.74) is 29.2. The van der Waals surface area contributed by atoms with Gasteiger partial charge in [0.15, 0.2) is 12.4 Å². The van der Waals surface area contributed by atoms with Crippen LogP contribution in [0.4, 0.5) is 4.39 Å². The van der Waals surface area contributed by atoms with Gasteiger partial charge in [0, 0.05) is 31.1 Å². The predicted octanol–water partition coefficient (Wildman–Crippen LogP) is -7.23. The van der Waals surface area contributed by atoms with Gasteiger partial charge in [-0.1, -0.05) is 0 Å². The Hall–Kier alpha value is -1.20. The second kappa shape index (κ2) is 16.4. The number of carbonyl (C=O) groups excluding carboxylic acids is 1. The number of ether oxygens (including phenoxy) is 3. The van der Waals surface area contributed by atoms with E-state index in [1.165, 1.54) is 0 Å². The van der Waals surface area contributed by atoms with Gasteiger partial charge in [-0.3, -0.25) is 4.79 Å². The van der Waals surface area contributed by atoms with Crippen molar-refractivity contribution < 1.29 is 54.0 Å². The van der Waals surface area contributed by atoms with Crippen molar-refractivity contribution in [1.82, 2.24) is 10.6 Å². The van der Waals surface area contributed by atoms with E-state index in [1.54, 1.807) is 0 Å². The minimum Gasteiger partial charge on any atom is -0.394 e. The molecule has 17 nitrogen and oxygen atoms in total. The van der Waals surface area contributed by atoms with E-state index in [0.29, 0.717) is 19.5 Å². The molecule has 0 spiro atoms. The summed E-state index contributed by atoms with van der Waals surface area (Å²) in [6, 6.07) is -3.81. The fourth-order valence-corrected chi connectivity index (χ4v) is 6.09. The topological polar surface area (TPSA) is 320 Å². The van der Waals surface area contributed by atoms with Gasteiger partial charge in [0.2, 0.25) is 0 Å². The molecule has 0 aromatic rings. The number of nitrogens with two attached hydrogens (primary N) is 5. The lowest BCUT2D eigenvalue weighted by Gasteiger charge is -2.52. The molecule has 3 rings (SSSR count). The molecule has 0 radical (unpaired) electrons. The number of aliphatic hydroxyl groups excluding tert-OH is 6. The SMILES string of the molecule is NCCCNC1CC(O)C(CN)OC1C1C(N)CC(NC(=O)C(O)C(F)CN)C(OC2OC(CO)C(O)C(N)C2O)C1O. The van der Waals surface area contributed by atoms with Crippen molar-refractivity contribution in [1.29, 1.82) is 0 Å². The molecule has 18 heteroatoms. The molecule has 16 unspecified atom stereocenters. The highest BCUT2D eigenvalue weighted by Gasteiger charge is 2.54. The molecule has 0 bridgehead atoms. The average Bonchev–Trinajstić information content (AvgIpc) is 2.98. The van der Waals surface area contributed by atoms with Gasteiger partial charge in [-0.2, -0.15) is 0 Å². The molecule has 43 heavy (non-hydrogen) atoms. The number of carbonyl (C=O) groups is 1. The van der Waals surface area contributed by atoms with Crippen LogP contribution in [-0.2, 0) is 19.0 Å². The quantitative estimate of drug-likeness (QED) is 0.0843. The number of halogens is 1. The highest BCUT2D eigenvalue weighted by atomic mass is 19.1. The first-order valence-electron chi connectivity index (χ1n) is 14.7. The molecule has 2 heterocycles. The van der Waals surface area contributed by atoms with Crippen molar-refractivity contribution in [3.05, 3.63) is 0 Å². The van der Waals surface area contributed by atoms with E-state index < -0.39 is 117 Å². The van der Waals surface area contributed by atoms with Gasteiger partial charge in [0.1, 0.15) is 30.6 Å². The molecule has 1 saturated carbocycles. The van der Waals surface area contributed by atoms with E-state index in [2.05, 4.69) is 10.6 Å². The maximum atomic E-state index is 14.0. The maximum absolute atomic E-state index is 14.0. The van der Waals surface area contributed by atoms with Crippen LogP contribution >= 0.6 is 0 Å². The Balaban J connectivity index is 1.93. The first-order valence-corrected chi connectivity index (χ1v) is 14.7. The third-order valence-electron chi connectivity index (χ3n) is 8.59. The normalized spacial score (nSPS) is 43.6. The Morgan fingerprint density at radius 2 is 1.70 bits per heavy atom. The summed E-state index contributed by atoms with van der Waals surface area (Å²) >= 11 is 0. The van der Waals surface area contributed by atoms with Crippen LogP contribution in [0.15, 0.2) is 0 Å². The molecular weight excluding hydrogens is 577 g/mol. The number of hydrogen-bond acceptors (Lipinski definition) is 16. The second-order valence-corrected chi connectivity index (χ2v) is 11.5. The molecule has 18 N–H and O–H groups in total. The van der Waals surface area contributed by atoms with Gasteiger partial charge in [-0.15, -0.1) is 0 Å². The van der Waals surface area contributed by atoms with E-state index in [0.717, 1.165) is 0 Å². The maximum Gasteiger partial charge on any atom is 0.252 e. The summed E-state index contributed by atoms with van der Waals surface area (Å²) in [4.78, 5) is 12.7. The molecule has 1 amide bonds. The lowest BCUT2D eigenvalue weighted by molar-refractivity contribution is -0.307. The van der Waals surface area contributed by atoms with E-state index in [-0.39, 0.29) is 19.4 Å². The molecule has 252 valence electrons. The Morgan fingerprint density at radius 1 is 1.00 bits per heavy atom. The Kier molecular flexibility index (Phi) is 13.8. The fourth-order valence-electron chi connectivity index (χ4n) is 6.09. The van der Waals surface area contributed by atoms with Crippen LogP contribution in [-0.4, -0.2) is 161 Å². The van der Waals surface area contributed by atoms with Crippen molar-refractivity contribution >= 4 is 5.91 Å². The molecule has 2 saturated heterocycles. The fraction of sp³-hybridized carbons (Fsp3) is 0.960. The summed E-state index contributed by atoms with van der Waals surface area (Å²) in [7, 11) is 0. The van der Waals surface area contributed by atoms with E-state index in [4.69, 9.17) is 42.9 Å². The highest BCUT2D eigenvalue weighted by molar-refractivity contribution is 5.81. The zero-order chi connectivity index (χ0) is 32.0. The van der Waals surface area contributed by atoms with Gasteiger partial charge < -0.3 is 84.2 Å². The van der Waals surface area contributed by atoms with Gasteiger partial charge >= 0.3 is 0 Å². The number of amides is 1. The molecule has 1 aliphatic carbocycles. The second-order valence-electron chi connectivity index (χ2n) is 11.5. The van der Waals surface area contributed by atoms with E-state index in [9.17, 15) is 39.8 Å². The third-order valence-corrected chi connectivity index (χ3v) is 8.59. The lowest BCUT2D eigenvalue weighted by Crippen LogP contribution is -2.70. The van der Waals surface area contributed by atoms with Gasteiger partial charge in [-0.05, 0) is 32.4 Å². The van der Waals surface area contributed by atoms with Crippen molar-refractivity contribution in [3.63, 3.8) is 0 Å². The number of nitrogens with one attached hydrogen (secondary N) is 2. The first kappa shape index (κ1) is 36.3. The zero-order valence-corrected chi connectivity index (χ0v) is 24.0. The Morgan fingerprint density at radius 3 is 2.30 bits per heavy atom. The zero-order valence-electron chi connectivity index (χ0n) is 24.0. The van der Waals surface area contributed by atoms with Gasteiger partial charge in [-0.25, -0.2) is 4.39 Å². The standard InChI is InChI=1S/C25H50FN7O10/c26-9(6-28)18(36)24(40)33-12-4-10(30)16(22-11(32-3-1-2-27)5-13(35)14(7-29)41-22)20(38)23(12)43-25-21(39)17(31)19(37)15(8-34)42-25/h9-23,25,32,34-39H,1-8,27-31H2,(H,33,40). The summed E-state index contributed by atoms with van der Waals surface area (Å²) < 4.78 is 31.7. The van der Waals surface area contributed by atoms with Gasteiger partial charge in [0.05, 0.1) is 43.1 Å². The molecule has 0 aromatic carbocycles. The largest absolute Gasteiger partial charge is 0.394 e. The van der Waals surface area contributed by atoms with Crippen molar-refractivity contribution in [3.8, 4) is 0 Å². The molecule has 3 aliphatic rings. The number of hydrogen-bond donors (Lipinski definition) is 13. The van der Waals surface area contributed by atoms with Crippen LogP contribution in [0.2, 0.25) is 0 Å². The summed E-state index contributed by atoms with van der Waals surface area (Å²) in [5.74, 6) is -2.03. The summed E-state index contributed by atoms with van der Waals surface area (Å²) in [6.45, 7) is -0.419. The summed E-state index contributed by atoms with van der Waals surface area (Å²) in [5, 5.41) is 68.8. The average molecular weight is 628 g/mol. The van der Waals surface area contributed by atoms with E-state index >= 15 is 0 Å². The van der Waals surface area contributed by atoms with E-state index in [1.807, 2.05) is 0 Å². The van der Waals surface area contributed by atoms with Gasteiger partial charge in [0.25, 0.3) is 5.91 Å². The van der Waals surface area contributed by atoms with Crippen molar-refractivity contribution in [2.75, 3.05) is 32.8 Å². The van der Waals surface area contributed by atoms with Crippen molar-refractivity contribution in [2.24, 2.45) is 34.6 Å². The Labute approximate surface area is 249 Å². The number of rotatable bonds is 13. The molecule has 3 fully saturated rings. The number of aliphatic hydroxyl groups is 6. The van der Waals surface area contributed by atoms with Crippen LogP contribution < -0.4 is 39.3 Å². The smallest absolute Gasteiger partial charge is 0.252 e. The molecule has 16 atom stereocenters. The first-order chi connectivity index (χ1) is 20.4. The molecule has 0 aromatic heterocycles. The monoisotopic (exact) mass is 627 g/mol. The molecular formula is C25H50FN7O10. The highest BCUT2D eigenvalue weighted by Crippen LogP contribution is 2.37. The number of alkyl halides is 1. The van der Waals surface area contributed by atoms with Crippen LogP contribution in [0, 0.1) is 5.92 Å². The van der Waals surface area contributed by atoms with Crippen LogP contribution in [0.5, 0.6) is 0 Å². The van der Waals surface area contributed by atoms with Crippen LogP contribution in [0.1, 0.15) is 19.3 Å². The lowest BCUT2D eigenvalue weighted by atomic mass is 9.71.